The average molecular weight is 554 g/mol. The van der Waals surface area contributed by atoms with Crippen molar-refractivity contribution in [2.24, 2.45) is 17.6 Å². The second-order valence-corrected chi connectivity index (χ2v) is 12.3. The van der Waals surface area contributed by atoms with Crippen LogP contribution >= 0.6 is 11.3 Å². The van der Waals surface area contributed by atoms with E-state index in [1.807, 2.05) is 17.5 Å². The number of Topliss-reactive ketones (excluding diaryl/α,β-unsaturated/α-hetero) is 1. The molecule has 0 radical (unpaired) electrons. The van der Waals surface area contributed by atoms with Crippen molar-refractivity contribution in [2.75, 3.05) is 51.3 Å². The number of likely N-dealkylation sites (N-methyl/N-ethyl adjacent to an activating group) is 1. The zero-order chi connectivity index (χ0) is 27.8. The van der Waals surface area contributed by atoms with Crippen molar-refractivity contribution >= 4 is 34.1 Å². The van der Waals surface area contributed by atoms with Gasteiger partial charge in [0, 0.05) is 55.1 Å². The molecule has 2 aromatic rings. The maximum absolute atomic E-state index is 14.2. The molecule has 0 bridgehead atoms. The Morgan fingerprint density at radius 2 is 1.95 bits per heavy atom. The van der Waals surface area contributed by atoms with Crippen LogP contribution in [-0.2, 0) is 14.3 Å². The summed E-state index contributed by atoms with van der Waals surface area (Å²) in [5.74, 6) is -1.05. The smallest absolute Gasteiger partial charge is 0.249 e. The molecule has 9 nitrogen and oxygen atoms in total. The van der Waals surface area contributed by atoms with Crippen molar-refractivity contribution in [1.29, 1.82) is 0 Å². The monoisotopic (exact) mass is 553 g/mol. The highest BCUT2D eigenvalue weighted by Gasteiger charge is 2.52. The summed E-state index contributed by atoms with van der Waals surface area (Å²) >= 11 is 1.61. The van der Waals surface area contributed by atoms with E-state index in [2.05, 4.69) is 37.6 Å². The number of likely N-dealkylation sites (tertiary alicyclic amines) is 1. The van der Waals surface area contributed by atoms with Crippen LogP contribution in [0.15, 0.2) is 23.6 Å². The number of nitrogens with zero attached hydrogens (tertiary/aromatic N) is 4. The third kappa shape index (κ3) is 5.47. The van der Waals surface area contributed by atoms with Gasteiger partial charge in [-0.05, 0) is 43.5 Å². The normalized spacial score (nSPS) is 24.4. The number of carbonyl (C=O) groups excluding carboxylic acids is 3. The summed E-state index contributed by atoms with van der Waals surface area (Å²) in [6.45, 7) is 10.6. The standard InChI is InChI=1S/C29H39N5O4S/c1-5-18-14-34(25-24(35)15-38-26(18)25)28(37)22(12-17(2)3)21-13-19(6-7-20(21)27(30)36)23-16-39-29(31-23)33-10-8-32(4)9-11-33/h6-7,13,16-18,22,25-26H,5,8-12,14-15H2,1-4H3,(H2,30,36)/t18-,22+,25-,26-/m1/s1. The number of carbonyl (C=O) groups is 3. The van der Waals surface area contributed by atoms with Crippen molar-refractivity contribution in [3.05, 3.63) is 34.7 Å². The van der Waals surface area contributed by atoms with Crippen LogP contribution in [0, 0.1) is 11.8 Å². The predicted molar refractivity (Wildman–Crippen MR) is 152 cm³/mol. The Bertz CT molecular complexity index is 1240. The number of hydrogen-bond acceptors (Lipinski definition) is 8. The van der Waals surface area contributed by atoms with Crippen LogP contribution in [0.5, 0.6) is 0 Å². The Balaban J connectivity index is 1.50. The number of primary amides is 1. The fraction of sp³-hybridized carbons (Fsp3) is 0.586. The van der Waals surface area contributed by atoms with E-state index < -0.39 is 17.9 Å². The van der Waals surface area contributed by atoms with E-state index in [1.54, 1.807) is 22.3 Å². The molecule has 0 unspecified atom stereocenters. The van der Waals surface area contributed by atoms with E-state index in [9.17, 15) is 14.4 Å². The Hall–Kier alpha value is -2.82. The van der Waals surface area contributed by atoms with Crippen LogP contribution in [0.25, 0.3) is 11.3 Å². The van der Waals surface area contributed by atoms with Gasteiger partial charge in [-0.3, -0.25) is 14.4 Å². The highest BCUT2D eigenvalue weighted by molar-refractivity contribution is 7.14. The summed E-state index contributed by atoms with van der Waals surface area (Å²) in [6, 6.07) is 4.93. The van der Waals surface area contributed by atoms with Crippen molar-refractivity contribution in [3.63, 3.8) is 0 Å². The molecule has 2 N–H and O–H groups in total. The third-order valence-electron chi connectivity index (χ3n) is 8.36. The lowest BCUT2D eigenvalue weighted by Crippen LogP contribution is -2.44. The van der Waals surface area contributed by atoms with Crippen molar-refractivity contribution in [2.45, 2.75) is 51.7 Å². The Morgan fingerprint density at radius 1 is 1.21 bits per heavy atom. The van der Waals surface area contributed by atoms with Gasteiger partial charge in [-0.1, -0.05) is 26.8 Å². The first-order valence-electron chi connectivity index (χ1n) is 14.0. The molecule has 0 spiro atoms. The van der Waals surface area contributed by atoms with Gasteiger partial charge in [0.05, 0.1) is 17.7 Å². The van der Waals surface area contributed by atoms with E-state index in [0.29, 0.717) is 24.1 Å². The molecule has 39 heavy (non-hydrogen) atoms. The van der Waals surface area contributed by atoms with Gasteiger partial charge in [0.15, 0.2) is 10.9 Å². The number of amides is 2. The molecule has 1 aromatic carbocycles. The Morgan fingerprint density at radius 3 is 2.62 bits per heavy atom. The van der Waals surface area contributed by atoms with E-state index >= 15 is 0 Å². The lowest BCUT2D eigenvalue weighted by Gasteiger charge is -2.32. The highest BCUT2D eigenvalue weighted by Crippen LogP contribution is 2.39. The highest BCUT2D eigenvalue weighted by atomic mass is 32.1. The molecule has 210 valence electrons. The molecular weight excluding hydrogens is 514 g/mol. The molecule has 3 fully saturated rings. The molecule has 3 saturated heterocycles. The van der Waals surface area contributed by atoms with Crippen LogP contribution in [0.1, 0.15) is 55.5 Å². The summed E-state index contributed by atoms with van der Waals surface area (Å²) in [4.78, 5) is 50.8. The minimum absolute atomic E-state index is 0.0459. The van der Waals surface area contributed by atoms with Crippen LogP contribution in [0.4, 0.5) is 5.13 Å². The van der Waals surface area contributed by atoms with Gasteiger partial charge in [0.2, 0.25) is 11.8 Å². The lowest BCUT2D eigenvalue weighted by atomic mass is 9.84. The van der Waals surface area contributed by atoms with Gasteiger partial charge in [-0.25, -0.2) is 4.98 Å². The van der Waals surface area contributed by atoms with E-state index in [1.165, 1.54) is 0 Å². The number of aromatic nitrogens is 1. The number of anilines is 1. The summed E-state index contributed by atoms with van der Waals surface area (Å²) < 4.78 is 5.81. The van der Waals surface area contributed by atoms with Crippen molar-refractivity contribution < 1.29 is 19.1 Å². The molecule has 3 aliphatic rings. The second kappa shape index (κ2) is 11.3. The lowest BCUT2D eigenvalue weighted by molar-refractivity contribution is -0.138. The number of fused-ring (bicyclic) bond motifs is 1. The molecule has 1 aromatic heterocycles. The van der Waals surface area contributed by atoms with Crippen LogP contribution in [0.2, 0.25) is 0 Å². The molecule has 4 atom stereocenters. The number of rotatable bonds is 8. The first-order valence-corrected chi connectivity index (χ1v) is 14.8. The van der Waals surface area contributed by atoms with Gasteiger partial charge in [-0.2, -0.15) is 0 Å². The fourth-order valence-corrected chi connectivity index (χ4v) is 7.04. The van der Waals surface area contributed by atoms with Crippen LogP contribution < -0.4 is 10.6 Å². The van der Waals surface area contributed by atoms with Gasteiger partial charge in [-0.15, -0.1) is 11.3 Å². The van der Waals surface area contributed by atoms with Crippen molar-refractivity contribution in [3.8, 4) is 11.3 Å². The second-order valence-electron chi connectivity index (χ2n) is 11.5. The Labute approximate surface area is 234 Å². The van der Waals surface area contributed by atoms with E-state index in [0.717, 1.165) is 49.0 Å². The number of nitrogens with two attached hydrogens (primary N) is 1. The zero-order valence-corrected chi connectivity index (χ0v) is 24.1. The molecular formula is C29H39N5O4S. The first kappa shape index (κ1) is 27.7. The van der Waals surface area contributed by atoms with Gasteiger partial charge in [0.25, 0.3) is 0 Å². The number of hydrogen-bond donors (Lipinski definition) is 1. The fourth-order valence-electron chi connectivity index (χ4n) is 6.15. The zero-order valence-electron chi connectivity index (χ0n) is 23.3. The molecule has 10 heteroatoms. The number of thiazole rings is 1. The minimum atomic E-state index is -0.604. The van der Waals surface area contributed by atoms with Gasteiger partial charge < -0.3 is 25.2 Å². The third-order valence-corrected chi connectivity index (χ3v) is 9.26. The van der Waals surface area contributed by atoms with Crippen molar-refractivity contribution in [1.82, 2.24) is 14.8 Å². The maximum atomic E-state index is 14.2. The number of ether oxygens (including phenoxy) is 1. The minimum Gasteiger partial charge on any atom is -0.367 e. The topological polar surface area (TPSA) is 109 Å². The average Bonchev–Trinajstić information content (AvgIpc) is 3.64. The molecule has 0 aliphatic carbocycles. The largest absolute Gasteiger partial charge is 0.367 e. The quantitative estimate of drug-likeness (QED) is 0.535. The van der Waals surface area contributed by atoms with E-state index in [-0.39, 0.29) is 36.2 Å². The van der Waals surface area contributed by atoms with Crippen LogP contribution in [0.3, 0.4) is 0 Å². The molecule has 2 amide bonds. The summed E-state index contributed by atoms with van der Waals surface area (Å²) in [7, 11) is 2.13. The SMILES string of the molecule is CC[C@@H]1CN(C(=O)[C@@H](CC(C)C)c2cc(-c3csc(N4CCN(C)CC4)n3)ccc2C(N)=O)[C@@H]2C(=O)CO[C@H]12. The predicted octanol–water partition coefficient (Wildman–Crippen LogP) is 3.00. The maximum Gasteiger partial charge on any atom is 0.249 e. The number of ketones is 1. The van der Waals surface area contributed by atoms with Gasteiger partial charge >= 0.3 is 0 Å². The first-order chi connectivity index (χ1) is 18.7. The Kier molecular flexibility index (Phi) is 8.07. The molecule has 3 aliphatic heterocycles. The number of benzene rings is 1. The van der Waals surface area contributed by atoms with Crippen LogP contribution in [-0.4, -0.2) is 90.9 Å². The van der Waals surface area contributed by atoms with Gasteiger partial charge in [0.1, 0.15) is 12.6 Å². The van der Waals surface area contributed by atoms with E-state index in [4.69, 9.17) is 15.5 Å². The summed E-state index contributed by atoms with van der Waals surface area (Å²) in [6.07, 6.45) is 1.11. The number of piperazine rings is 1. The molecule has 0 saturated carbocycles. The summed E-state index contributed by atoms with van der Waals surface area (Å²) in [5.41, 5.74) is 8.43. The summed E-state index contributed by atoms with van der Waals surface area (Å²) in [5, 5.41) is 3.00. The molecule has 4 heterocycles. The molecule has 5 rings (SSSR count).